The smallest absolute Gasteiger partial charge is 0.200 e. The summed E-state index contributed by atoms with van der Waals surface area (Å²) in [7, 11) is -3.69. The van der Waals surface area contributed by atoms with Gasteiger partial charge in [-0.2, -0.15) is 18.4 Å². The van der Waals surface area contributed by atoms with Crippen LogP contribution in [0.1, 0.15) is 25.0 Å². The molecule has 22 heavy (non-hydrogen) atoms. The zero-order chi connectivity index (χ0) is 16.2. The minimum Gasteiger partial charge on any atom is -0.200 e. The van der Waals surface area contributed by atoms with Crippen molar-refractivity contribution in [3.05, 3.63) is 64.7 Å². The van der Waals surface area contributed by atoms with E-state index in [0.717, 1.165) is 12.0 Å². The maximum atomic E-state index is 12.1. The predicted octanol–water partition coefficient (Wildman–Crippen LogP) is 3.60. The molecule has 0 radical (unpaired) electrons. The van der Waals surface area contributed by atoms with E-state index in [1.807, 2.05) is 24.3 Å². The molecule has 0 aliphatic rings. The number of halogens is 1. The maximum Gasteiger partial charge on any atom is 0.276 e. The minimum atomic E-state index is -3.69. The first-order valence-electron chi connectivity index (χ1n) is 6.83. The highest BCUT2D eigenvalue weighted by Crippen LogP contribution is 2.14. The first kappa shape index (κ1) is 16.5. The highest BCUT2D eigenvalue weighted by atomic mass is 35.5. The second-order valence-electron chi connectivity index (χ2n) is 4.80. The number of rotatable bonds is 5. The molecule has 0 fully saturated rings. The van der Waals surface area contributed by atoms with Gasteiger partial charge >= 0.3 is 0 Å². The molecule has 1 N–H and O–H groups in total. The van der Waals surface area contributed by atoms with Crippen LogP contribution in [0, 0.1) is 0 Å². The van der Waals surface area contributed by atoms with Gasteiger partial charge in [-0.25, -0.2) is 0 Å². The summed E-state index contributed by atoms with van der Waals surface area (Å²) < 4.78 is 24.2. The molecule has 6 heteroatoms. The summed E-state index contributed by atoms with van der Waals surface area (Å²) in [6.07, 6.45) is 0.958. The van der Waals surface area contributed by atoms with Gasteiger partial charge < -0.3 is 0 Å². The Hall–Kier alpha value is -1.85. The summed E-state index contributed by atoms with van der Waals surface area (Å²) in [5, 5.41) is 4.45. The first-order chi connectivity index (χ1) is 10.4. The van der Waals surface area contributed by atoms with Gasteiger partial charge in [0.2, 0.25) is 0 Å². The molecule has 2 rings (SSSR count). The Bertz CT molecular complexity index is 767. The van der Waals surface area contributed by atoms with Crippen LogP contribution in [-0.4, -0.2) is 14.1 Å². The second-order valence-corrected chi connectivity index (χ2v) is 6.89. The normalized spacial score (nSPS) is 12.2. The van der Waals surface area contributed by atoms with E-state index in [0.29, 0.717) is 10.7 Å². The van der Waals surface area contributed by atoms with Gasteiger partial charge in [0.05, 0.1) is 10.6 Å². The monoisotopic (exact) mass is 336 g/mol. The molecule has 0 bridgehead atoms. The Morgan fingerprint density at radius 2 is 1.68 bits per heavy atom. The number of aryl methyl sites for hydroxylation is 1. The summed E-state index contributed by atoms with van der Waals surface area (Å²) in [6.45, 7) is 3.83. The van der Waals surface area contributed by atoms with Crippen molar-refractivity contribution in [2.45, 2.75) is 25.2 Å². The molecule has 0 aliphatic carbocycles. The Kier molecular flexibility index (Phi) is 5.21. The Morgan fingerprint density at radius 3 is 2.23 bits per heavy atom. The standard InChI is InChI=1S/C16H17ClN2O2S/c1-3-13-4-6-14(7-5-13)12(2)18-19-22(20,21)16-10-8-15(17)9-11-16/h4-11,19H,3H2,1-2H3/b18-12-. The van der Waals surface area contributed by atoms with Crippen molar-refractivity contribution in [3.8, 4) is 0 Å². The molecule has 0 aromatic heterocycles. The number of nitrogens with one attached hydrogen (secondary N) is 1. The molecule has 0 saturated carbocycles. The molecule has 0 atom stereocenters. The van der Waals surface area contributed by atoms with Crippen molar-refractivity contribution in [1.29, 1.82) is 0 Å². The predicted molar refractivity (Wildman–Crippen MR) is 89.8 cm³/mol. The van der Waals surface area contributed by atoms with Crippen LogP contribution in [-0.2, 0) is 16.4 Å². The number of hydrogen-bond donors (Lipinski definition) is 1. The van der Waals surface area contributed by atoms with Crippen molar-refractivity contribution in [2.24, 2.45) is 5.10 Å². The van der Waals surface area contributed by atoms with Crippen molar-refractivity contribution >= 4 is 27.3 Å². The van der Waals surface area contributed by atoms with Crippen LogP contribution in [0.3, 0.4) is 0 Å². The number of hydrogen-bond acceptors (Lipinski definition) is 3. The molecular weight excluding hydrogens is 320 g/mol. The Morgan fingerprint density at radius 1 is 1.09 bits per heavy atom. The van der Waals surface area contributed by atoms with Gasteiger partial charge in [-0.1, -0.05) is 42.8 Å². The molecule has 0 unspecified atom stereocenters. The number of nitrogens with zero attached hydrogens (tertiary/aromatic N) is 1. The molecule has 0 spiro atoms. The lowest BCUT2D eigenvalue weighted by molar-refractivity contribution is 0.584. The van der Waals surface area contributed by atoms with E-state index in [2.05, 4.69) is 16.9 Å². The molecule has 0 heterocycles. The SMILES string of the molecule is CCc1ccc(/C(C)=N\NS(=O)(=O)c2ccc(Cl)cc2)cc1. The second kappa shape index (κ2) is 6.94. The van der Waals surface area contributed by atoms with Crippen LogP contribution >= 0.6 is 11.6 Å². The topological polar surface area (TPSA) is 58.5 Å². The van der Waals surface area contributed by atoms with E-state index in [9.17, 15) is 8.42 Å². The zero-order valence-corrected chi connectivity index (χ0v) is 13.9. The molecule has 2 aromatic rings. The van der Waals surface area contributed by atoms with Gasteiger partial charge in [-0.05, 0) is 48.7 Å². The zero-order valence-electron chi connectivity index (χ0n) is 12.4. The number of sulfonamides is 1. The molecule has 0 saturated heterocycles. The molecule has 4 nitrogen and oxygen atoms in total. The fraction of sp³-hybridized carbons (Fsp3) is 0.188. The van der Waals surface area contributed by atoms with Crippen LogP contribution in [0.5, 0.6) is 0 Å². The van der Waals surface area contributed by atoms with E-state index in [4.69, 9.17) is 11.6 Å². The highest BCUT2D eigenvalue weighted by Gasteiger charge is 2.12. The third-order valence-corrected chi connectivity index (χ3v) is 4.71. The van der Waals surface area contributed by atoms with Crippen LogP contribution in [0.2, 0.25) is 5.02 Å². The van der Waals surface area contributed by atoms with Crippen LogP contribution in [0.15, 0.2) is 58.5 Å². The Labute approximate surface area is 135 Å². The minimum absolute atomic E-state index is 0.120. The Balaban J connectivity index is 2.16. The van der Waals surface area contributed by atoms with Crippen molar-refractivity contribution in [3.63, 3.8) is 0 Å². The van der Waals surface area contributed by atoms with Gasteiger partial charge in [0.25, 0.3) is 10.0 Å². The quantitative estimate of drug-likeness (QED) is 0.670. The summed E-state index contributed by atoms with van der Waals surface area (Å²) in [5.41, 5.74) is 2.69. The molecule has 0 aliphatic heterocycles. The lowest BCUT2D eigenvalue weighted by Gasteiger charge is -2.06. The number of benzene rings is 2. The van der Waals surface area contributed by atoms with Crippen molar-refractivity contribution in [2.75, 3.05) is 0 Å². The summed E-state index contributed by atoms with van der Waals surface area (Å²) >= 11 is 5.75. The van der Waals surface area contributed by atoms with E-state index in [1.165, 1.54) is 29.8 Å². The van der Waals surface area contributed by atoms with Crippen molar-refractivity contribution in [1.82, 2.24) is 4.83 Å². The van der Waals surface area contributed by atoms with Gasteiger partial charge in [-0.3, -0.25) is 0 Å². The fourth-order valence-electron chi connectivity index (χ4n) is 1.84. The summed E-state index contributed by atoms with van der Waals surface area (Å²) in [6, 6.07) is 13.8. The summed E-state index contributed by atoms with van der Waals surface area (Å²) in [5.74, 6) is 0. The molecule has 116 valence electrons. The lowest BCUT2D eigenvalue weighted by atomic mass is 10.1. The maximum absolute atomic E-state index is 12.1. The van der Waals surface area contributed by atoms with Crippen LogP contribution in [0.4, 0.5) is 0 Å². The third kappa shape index (κ3) is 4.08. The van der Waals surface area contributed by atoms with Crippen LogP contribution in [0.25, 0.3) is 0 Å². The molecular formula is C16H17ClN2O2S. The van der Waals surface area contributed by atoms with E-state index < -0.39 is 10.0 Å². The molecule has 2 aromatic carbocycles. The highest BCUT2D eigenvalue weighted by molar-refractivity contribution is 7.89. The van der Waals surface area contributed by atoms with E-state index in [-0.39, 0.29) is 4.90 Å². The van der Waals surface area contributed by atoms with E-state index >= 15 is 0 Å². The average molecular weight is 337 g/mol. The van der Waals surface area contributed by atoms with E-state index in [1.54, 1.807) is 6.92 Å². The lowest BCUT2D eigenvalue weighted by Crippen LogP contribution is -2.19. The van der Waals surface area contributed by atoms with Gasteiger partial charge in [0.15, 0.2) is 0 Å². The average Bonchev–Trinajstić information content (AvgIpc) is 2.53. The summed E-state index contributed by atoms with van der Waals surface area (Å²) in [4.78, 5) is 2.36. The van der Waals surface area contributed by atoms with Gasteiger partial charge in [0.1, 0.15) is 0 Å². The number of hydrazone groups is 1. The fourth-order valence-corrected chi connectivity index (χ4v) is 2.82. The molecule has 0 amide bonds. The van der Waals surface area contributed by atoms with Crippen molar-refractivity contribution < 1.29 is 8.42 Å². The third-order valence-electron chi connectivity index (χ3n) is 3.24. The first-order valence-corrected chi connectivity index (χ1v) is 8.69. The van der Waals surface area contributed by atoms with Crippen LogP contribution < -0.4 is 4.83 Å². The van der Waals surface area contributed by atoms with Gasteiger partial charge in [0, 0.05) is 5.02 Å². The van der Waals surface area contributed by atoms with Gasteiger partial charge in [-0.15, -0.1) is 0 Å². The largest absolute Gasteiger partial charge is 0.276 e.